The van der Waals surface area contributed by atoms with Gasteiger partial charge in [0.2, 0.25) is 0 Å². The highest BCUT2D eigenvalue weighted by Crippen LogP contribution is 2.30. The lowest BCUT2D eigenvalue weighted by atomic mass is 9.95. The molecule has 0 fully saturated rings. The van der Waals surface area contributed by atoms with Crippen LogP contribution in [-0.4, -0.2) is 17.7 Å². The molecule has 0 saturated carbocycles. The number of carbonyl (C=O) groups is 1. The third kappa shape index (κ3) is 3.98. The first-order valence-electron chi connectivity index (χ1n) is 7.71. The minimum absolute atomic E-state index is 0.0172. The lowest BCUT2D eigenvalue weighted by molar-refractivity contribution is 0.0697. The average Bonchev–Trinajstić information content (AvgIpc) is 2.59. The standard InChI is InChI=1S/C19H18FNO3/c1-2-3-10-24-12-15-8-9-16(19(22)23)17(18(15)20)14-6-4-13(11-21)5-7-14/h4-9H,2-3,10,12H2,1H3,(H,22,23). The summed E-state index contributed by atoms with van der Waals surface area (Å²) in [5.41, 5.74) is 1.06. The zero-order chi connectivity index (χ0) is 17.5. The van der Waals surface area contributed by atoms with Crippen molar-refractivity contribution in [2.24, 2.45) is 0 Å². The van der Waals surface area contributed by atoms with Crippen LogP contribution in [-0.2, 0) is 11.3 Å². The van der Waals surface area contributed by atoms with Gasteiger partial charge in [0.15, 0.2) is 0 Å². The van der Waals surface area contributed by atoms with Gasteiger partial charge in [-0.1, -0.05) is 31.5 Å². The molecule has 0 aliphatic carbocycles. The van der Waals surface area contributed by atoms with E-state index in [0.717, 1.165) is 12.8 Å². The molecule has 0 aliphatic heterocycles. The Morgan fingerprint density at radius 3 is 2.54 bits per heavy atom. The zero-order valence-electron chi connectivity index (χ0n) is 13.4. The van der Waals surface area contributed by atoms with Crippen LogP contribution in [0.15, 0.2) is 36.4 Å². The highest BCUT2D eigenvalue weighted by Gasteiger charge is 2.19. The number of rotatable bonds is 7. The smallest absolute Gasteiger partial charge is 0.336 e. The Kier molecular flexibility index (Phi) is 6.05. The third-order valence-electron chi connectivity index (χ3n) is 3.65. The number of carboxylic acid groups (broad SMARTS) is 1. The number of aromatic carboxylic acids is 1. The fourth-order valence-corrected chi connectivity index (χ4v) is 2.33. The van der Waals surface area contributed by atoms with Crippen LogP contribution in [0.4, 0.5) is 4.39 Å². The van der Waals surface area contributed by atoms with Gasteiger partial charge in [-0.05, 0) is 30.2 Å². The Hall–Kier alpha value is -2.71. The van der Waals surface area contributed by atoms with E-state index in [2.05, 4.69) is 0 Å². The van der Waals surface area contributed by atoms with E-state index in [1.54, 1.807) is 12.1 Å². The molecule has 2 aromatic carbocycles. The molecular weight excluding hydrogens is 309 g/mol. The minimum atomic E-state index is -1.20. The van der Waals surface area contributed by atoms with Crippen LogP contribution >= 0.6 is 0 Å². The van der Waals surface area contributed by atoms with Crippen LogP contribution in [0.2, 0.25) is 0 Å². The Morgan fingerprint density at radius 2 is 1.96 bits per heavy atom. The molecule has 0 aromatic heterocycles. The Balaban J connectivity index is 2.42. The fourth-order valence-electron chi connectivity index (χ4n) is 2.33. The summed E-state index contributed by atoms with van der Waals surface area (Å²) in [4.78, 5) is 11.4. The second-order valence-electron chi connectivity index (χ2n) is 5.36. The molecule has 24 heavy (non-hydrogen) atoms. The van der Waals surface area contributed by atoms with Gasteiger partial charge < -0.3 is 9.84 Å². The molecule has 0 unspecified atom stereocenters. The summed E-state index contributed by atoms with van der Waals surface area (Å²) in [5, 5.41) is 18.2. The van der Waals surface area contributed by atoms with Gasteiger partial charge in [0.1, 0.15) is 5.82 Å². The molecule has 124 valence electrons. The number of benzene rings is 2. The maximum Gasteiger partial charge on any atom is 0.336 e. The number of nitrogens with zero attached hydrogens (tertiary/aromatic N) is 1. The molecule has 5 heteroatoms. The molecule has 0 atom stereocenters. The van der Waals surface area contributed by atoms with E-state index in [4.69, 9.17) is 10.00 Å². The van der Waals surface area contributed by atoms with E-state index in [1.165, 1.54) is 24.3 Å². The predicted molar refractivity (Wildman–Crippen MR) is 88.1 cm³/mol. The molecule has 2 rings (SSSR count). The lowest BCUT2D eigenvalue weighted by Gasteiger charge is -2.12. The number of unbranched alkanes of at least 4 members (excludes halogenated alkanes) is 1. The predicted octanol–water partition coefficient (Wildman–Crippen LogP) is 4.38. The quantitative estimate of drug-likeness (QED) is 0.766. The van der Waals surface area contributed by atoms with Crippen LogP contribution in [0.3, 0.4) is 0 Å². The molecule has 0 heterocycles. The first kappa shape index (κ1) is 17.6. The number of hydrogen-bond acceptors (Lipinski definition) is 3. The normalized spacial score (nSPS) is 10.4. The molecule has 4 nitrogen and oxygen atoms in total. The van der Waals surface area contributed by atoms with Crippen molar-refractivity contribution in [2.45, 2.75) is 26.4 Å². The number of halogens is 1. The van der Waals surface area contributed by atoms with Gasteiger partial charge in [-0.3, -0.25) is 0 Å². The SMILES string of the molecule is CCCCOCc1ccc(C(=O)O)c(-c2ccc(C#N)cc2)c1F. The van der Waals surface area contributed by atoms with Crippen LogP contribution in [0.5, 0.6) is 0 Å². The largest absolute Gasteiger partial charge is 0.478 e. The van der Waals surface area contributed by atoms with Crippen molar-refractivity contribution in [3.63, 3.8) is 0 Å². The summed E-state index contributed by atoms with van der Waals surface area (Å²) < 4.78 is 20.3. The van der Waals surface area contributed by atoms with Gasteiger partial charge in [-0.15, -0.1) is 0 Å². The highest BCUT2D eigenvalue weighted by molar-refractivity contribution is 5.96. The third-order valence-corrected chi connectivity index (χ3v) is 3.65. The second kappa shape index (κ2) is 8.23. The molecule has 0 saturated heterocycles. The Bertz CT molecular complexity index is 763. The molecule has 2 aromatic rings. The summed E-state index contributed by atoms with van der Waals surface area (Å²) >= 11 is 0. The summed E-state index contributed by atoms with van der Waals surface area (Å²) in [7, 11) is 0. The van der Waals surface area contributed by atoms with Gasteiger partial charge >= 0.3 is 5.97 Å². The van der Waals surface area contributed by atoms with E-state index < -0.39 is 11.8 Å². The molecule has 0 spiro atoms. The van der Waals surface area contributed by atoms with E-state index in [-0.39, 0.29) is 17.7 Å². The van der Waals surface area contributed by atoms with Gasteiger partial charge in [0, 0.05) is 17.7 Å². The van der Waals surface area contributed by atoms with Crippen LogP contribution in [0.1, 0.15) is 41.3 Å². The van der Waals surface area contributed by atoms with Crippen molar-refractivity contribution in [2.75, 3.05) is 6.61 Å². The number of hydrogen-bond donors (Lipinski definition) is 1. The first-order valence-corrected chi connectivity index (χ1v) is 7.71. The van der Waals surface area contributed by atoms with E-state index in [1.807, 2.05) is 13.0 Å². The van der Waals surface area contributed by atoms with Gasteiger partial charge in [-0.2, -0.15) is 5.26 Å². The maximum absolute atomic E-state index is 14.9. The van der Waals surface area contributed by atoms with Crippen molar-refractivity contribution in [3.05, 3.63) is 58.9 Å². The van der Waals surface area contributed by atoms with Crippen LogP contribution in [0, 0.1) is 17.1 Å². The highest BCUT2D eigenvalue weighted by atomic mass is 19.1. The first-order chi connectivity index (χ1) is 11.6. The van der Waals surface area contributed by atoms with Crippen molar-refractivity contribution in [1.29, 1.82) is 5.26 Å². The van der Waals surface area contributed by atoms with Crippen molar-refractivity contribution in [3.8, 4) is 17.2 Å². The number of carboxylic acids is 1. The second-order valence-corrected chi connectivity index (χ2v) is 5.36. The van der Waals surface area contributed by atoms with Crippen molar-refractivity contribution < 1.29 is 19.0 Å². The molecule has 0 amide bonds. The topological polar surface area (TPSA) is 70.3 Å². The summed E-state index contributed by atoms with van der Waals surface area (Å²) in [6, 6.07) is 11.0. The maximum atomic E-state index is 14.9. The van der Waals surface area contributed by atoms with E-state index >= 15 is 0 Å². The van der Waals surface area contributed by atoms with Crippen molar-refractivity contribution in [1.82, 2.24) is 0 Å². The van der Waals surface area contributed by atoms with E-state index in [0.29, 0.717) is 23.3 Å². The van der Waals surface area contributed by atoms with Crippen LogP contribution in [0.25, 0.3) is 11.1 Å². The summed E-state index contributed by atoms with van der Waals surface area (Å²) in [6.45, 7) is 2.66. The van der Waals surface area contributed by atoms with Crippen molar-refractivity contribution >= 4 is 5.97 Å². The van der Waals surface area contributed by atoms with Crippen LogP contribution < -0.4 is 0 Å². The number of ether oxygens (including phenoxy) is 1. The van der Waals surface area contributed by atoms with Gasteiger partial charge in [-0.25, -0.2) is 9.18 Å². The van der Waals surface area contributed by atoms with Gasteiger partial charge in [0.05, 0.1) is 23.8 Å². The fraction of sp³-hybridized carbons (Fsp3) is 0.263. The van der Waals surface area contributed by atoms with Gasteiger partial charge in [0.25, 0.3) is 0 Å². The molecule has 0 aliphatic rings. The molecule has 1 N–H and O–H groups in total. The molecule has 0 radical (unpaired) electrons. The summed E-state index contributed by atoms with van der Waals surface area (Å²) in [5.74, 6) is -1.80. The molecular formula is C19H18FNO3. The van der Waals surface area contributed by atoms with E-state index in [9.17, 15) is 14.3 Å². The average molecular weight is 327 g/mol. The zero-order valence-corrected chi connectivity index (χ0v) is 13.4. The lowest BCUT2D eigenvalue weighted by Crippen LogP contribution is -2.06. The Morgan fingerprint density at radius 1 is 1.25 bits per heavy atom. The Labute approximate surface area is 140 Å². The number of nitriles is 1. The monoisotopic (exact) mass is 327 g/mol. The summed E-state index contributed by atoms with van der Waals surface area (Å²) in [6.07, 6.45) is 1.87. The molecule has 0 bridgehead atoms. The minimum Gasteiger partial charge on any atom is -0.478 e.